The van der Waals surface area contributed by atoms with Crippen molar-refractivity contribution in [3.63, 3.8) is 0 Å². The summed E-state index contributed by atoms with van der Waals surface area (Å²) in [5.74, 6) is 1.44. The fourth-order valence-corrected chi connectivity index (χ4v) is 4.33. The van der Waals surface area contributed by atoms with E-state index >= 15 is 0 Å². The van der Waals surface area contributed by atoms with E-state index in [-0.39, 0.29) is 6.04 Å². The first-order chi connectivity index (χ1) is 15.6. The van der Waals surface area contributed by atoms with Crippen LogP contribution in [0.4, 0.5) is 14.6 Å². The predicted molar refractivity (Wildman–Crippen MR) is 113 cm³/mol. The van der Waals surface area contributed by atoms with E-state index in [1.165, 1.54) is 6.33 Å². The average Bonchev–Trinajstić information content (AvgIpc) is 3.44. The third-order valence-corrected chi connectivity index (χ3v) is 5.64. The van der Waals surface area contributed by atoms with Gasteiger partial charge in [-0.15, -0.1) is 0 Å². The largest absolute Gasteiger partial charge is 0.378 e. The zero-order chi connectivity index (χ0) is 22.2. The lowest BCUT2D eigenvalue weighted by Gasteiger charge is -2.28. The molecular weight excluding hydrogens is 420 g/mol. The molecule has 4 heterocycles. The zero-order valence-corrected chi connectivity index (χ0v) is 17.4. The van der Waals surface area contributed by atoms with Gasteiger partial charge in [-0.2, -0.15) is 14.6 Å². The molecule has 1 aliphatic rings. The maximum absolute atomic E-state index is 13.4. The molecule has 32 heavy (non-hydrogen) atoms. The van der Waals surface area contributed by atoms with Crippen LogP contribution < -0.4 is 10.5 Å². The average molecular weight is 441 g/mol. The highest BCUT2D eigenvalue weighted by molar-refractivity contribution is 5.77. The molecule has 1 aromatic carbocycles. The maximum atomic E-state index is 13.4. The van der Waals surface area contributed by atoms with Crippen LogP contribution in [0.5, 0.6) is 0 Å². The Hall–Kier alpha value is -3.47. The van der Waals surface area contributed by atoms with E-state index in [1.807, 2.05) is 11.0 Å². The number of nitrogens with zero attached hydrogens (tertiary/aromatic N) is 7. The molecule has 1 unspecified atom stereocenters. The lowest BCUT2D eigenvalue weighted by Crippen LogP contribution is -2.34. The van der Waals surface area contributed by atoms with Gasteiger partial charge in [0.15, 0.2) is 0 Å². The topological polar surface area (TPSA) is 90.4 Å². The fourth-order valence-electron chi connectivity index (χ4n) is 4.33. The van der Waals surface area contributed by atoms with E-state index in [0.717, 1.165) is 11.0 Å². The Labute approximate surface area is 181 Å². The highest BCUT2D eigenvalue weighted by Crippen LogP contribution is 2.35. The minimum absolute atomic E-state index is 0.291. The van der Waals surface area contributed by atoms with Crippen LogP contribution in [0.25, 0.3) is 16.7 Å². The van der Waals surface area contributed by atoms with E-state index in [4.69, 9.17) is 4.74 Å². The molecule has 5 rings (SSSR count). The van der Waals surface area contributed by atoms with Crippen LogP contribution in [0.1, 0.15) is 30.4 Å². The Morgan fingerprint density at radius 1 is 1.25 bits per heavy atom. The molecule has 0 spiro atoms. The van der Waals surface area contributed by atoms with Crippen molar-refractivity contribution in [3.05, 3.63) is 58.5 Å². The van der Waals surface area contributed by atoms with E-state index < -0.39 is 18.5 Å². The maximum Gasteiger partial charge on any atom is 0.261 e. The number of fused-ring (bicyclic) bond motifs is 2. The summed E-state index contributed by atoms with van der Waals surface area (Å²) in [5, 5.41) is 4.61. The van der Waals surface area contributed by atoms with Crippen LogP contribution in [-0.2, 0) is 17.9 Å². The van der Waals surface area contributed by atoms with Gasteiger partial charge in [0.25, 0.3) is 17.8 Å². The summed E-state index contributed by atoms with van der Waals surface area (Å²) in [4.78, 5) is 28.4. The summed E-state index contributed by atoms with van der Waals surface area (Å²) in [6.07, 6.45) is 0.196. The zero-order valence-electron chi connectivity index (χ0n) is 17.4. The first-order valence-electron chi connectivity index (χ1n) is 10.3. The molecule has 166 valence electrons. The highest BCUT2D eigenvalue weighted by Gasteiger charge is 2.33. The summed E-state index contributed by atoms with van der Waals surface area (Å²) in [7, 11) is 1.58. The summed E-state index contributed by atoms with van der Waals surface area (Å²) < 4.78 is 34.8. The Morgan fingerprint density at radius 3 is 2.91 bits per heavy atom. The highest BCUT2D eigenvalue weighted by atomic mass is 19.3. The number of hydrogen-bond acceptors (Lipinski definition) is 7. The van der Waals surface area contributed by atoms with Crippen molar-refractivity contribution in [2.45, 2.75) is 38.5 Å². The molecule has 0 bridgehead atoms. The fraction of sp³-hybridized carbons (Fsp3) is 0.381. The number of anilines is 1. The van der Waals surface area contributed by atoms with Crippen LogP contribution in [0.15, 0.2) is 41.5 Å². The normalized spacial score (nSPS) is 16.6. The molecule has 0 amide bonds. The van der Waals surface area contributed by atoms with Crippen molar-refractivity contribution in [2.75, 3.05) is 18.6 Å². The van der Waals surface area contributed by atoms with Gasteiger partial charge in [0.05, 0.1) is 35.8 Å². The van der Waals surface area contributed by atoms with Crippen molar-refractivity contribution in [1.29, 1.82) is 0 Å². The van der Waals surface area contributed by atoms with Gasteiger partial charge in [0.2, 0.25) is 0 Å². The number of hydrogen-bond donors (Lipinski definition) is 0. The second-order valence-corrected chi connectivity index (χ2v) is 7.66. The second-order valence-electron chi connectivity index (χ2n) is 7.66. The molecule has 11 heteroatoms. The van der Waals surface area contributed by atoms with E-state index in [9.17, 15) is 13.6 Å². The summed E-state index contributed by atoms with van der Waals surface area (Å²) >= 11 is 0. The molecule has 1 fully saturated rings. The number of alkyl halides is 2. The molecule has 4 aromatic rings. The Bertz CT molecular complexity index is 1340. The van der Waals surface area contributed by atoms with Crippen molar-refractivity contribution >= 4 is 22.5 Å². The minimum Gasteiger partial charge on any atom is -0.378 e. The molecule has 0 aliphatic carbocycles. The number of para-hydroxylation sites is 1. The number of rotatable bonds is 6. The van der Waals surface area contributed by atoms with Crippen LogP contribution in [0.2, 0.25) is 0 Å². The molecule has 0 radical (unpaired) electrons. The van der Waals surface area contributed by atoms with Gasteiger partial charge in [0, 0.05) is 19.7 Å². The van der Waals surface area contributed by atoms with Gasteiger partial charge >= 0.3 is 0 Å². The van der Waals surface area contributed by atoms with E-state index in [0.29, 0.717) is 53.6 Å². The van der Waals surface area contributed by atoms with Crippen LogP contribution in [0.3, 0.4) is 0 Å². The van der Waals surface area contributed by atoms with Gasteiger partial charge in [-0.1, -0.05) is 12.1 Å². The van der Waals surface area contributed by atoms with Crippen molar-refractivity contribution in [1.82, 2.24) is 29.1 Å². The van der Waals surface area contributed by atoms with Gasteiger partial charge in [-0.25, -0.2) is 18.7 Å². The first-order valence-corrected chi connectivity index (χ1v) is 10.3. The Balaban J connectivity index is 1.68. The summed E-state index contributed by atoms with van der Waals surface area (Å²) in [5.41, 5.74) is 0.703. The number of halogens is 2. The Morgan fingerprint density at radius 2 is 2.09 bits per heavy atom. The van der Waals surface area contributed by atoms with Gasteiger partial charge in [-0.05, 0) is 25.0 Å². The molecule has 1 aliphatic heterocycles. The summed E-state index contributed by atoms with van der Waals surface area (Å²) in [6.45, 7) is 0.229. The second kappa shape index (κ2) is 8.23. The first kappa shape index (κ1) is 20.4. The molecule has 9 nitrogen and oxygen atoms in total. The SMILES string of the molecule is COCc1cc(N2CCCC2c2nc3ccccc3c(=O)n2CC(F)F)n2ncnc2n1. The van der Waals surface area contributed by atoms with Crippen molar-refractivity contribution in [2.24, 2.45) is 0 Å². The Kier molecular flexibility index (Phi) is 5.25. The molecule has 0 saturated carbocycles. The van der Waals surface area contributed by atoms with Gasteiger partial charge < -0.3 is 9.64 Å². The van der Waals surface area contributed by atoms with Gasteiger partial charge in [-0.3, -0.25) is 9.36 Å². The van der Waals surface area contributed by atoms with E-state index in [1.54, 1.807) is 35.9 Å². The monoisotopic (exact) mass is 441 g/mol. The summed E-state index contributed by atoms with van der Waals surface area (Å²) in [6, 6.07) is 8.29. The predicted octanol–water partition coefficient (Wildman–Crippen LogP) is 2.59. The van der Waals surface area contributed by atoms with Crippen molar-refractivity contribution < 1.29 is 13.5 Å². The third-order valence-electron chi connectivity index (χ3n) is 5.64. The minimum atomic E-state index is -2.68. The quantitative estimate of drug-likeness (QED) is 0.454. The lowest BCUT2D eigenvalue weighted by atomic mass is 10.1. The molecule has 1 saturated heterocycles. The third kappa shape index (κ3) is 3.48. The molecular formula is C21H21F2N7O2. The number of ether oxygens (including phenoxy) is 1. The van der Waals surface area contributed by atoms with Crippen molar-refractivity contribution in [3.8, 4) is 0 Å². The number of methoxy groups -OCH3 is 1. The standard InChI is InChI=1S/C21H21F2N7O2/c1-32-11-13-9-18(30-21(26-13)24-12-25-30)28-8-4-7-16(28)19-27-15-6-3-2-5-14(15)20(31)29(19)10-17(22)23/h2-3,5-6,9,12,16-17H,4,7-8,10-11H2,1H3. The molecule has 0 N–H and O–H groups in total. The molecule has 3 aromatic heterocycles. The molecule has 1 atom stereocenters. The van der Waals surface area contributed by atoms with E-state index in [2.05, 4.69) is 20.1 Å². The van der Waals surface area contributed by atoms with Gasteiger partial charge in [0.1, 0.15) is 18.0 Å². The number of aromatic nitrogens is 6. The lowest BCUT2D eigenvalue weighted by molar-refractivity contribution is 0.123. The van der Waals surface area contributed by atoms with Crippen LogP contribution >= 0.6 is 0 Å². The van der Waals surface area contributed by atoms with Crippen LogP contribution in [0, 0.1) is 0 Å². The smallest absolute Gasteiger partial charge is 0.261 e. The number of benzene rings is 1. The van der Waals surface area contributed by atoms with Crippen LogP contribution in [-0.4, -0.2) is 49.2 Å².